The van der Waals surface area contributed by atoms with Crippen molar-refractivity contribution in [3.05, 3.63) is 58.0 Å². The lowest BCUT2D eigenvalue weighted by molar-refractivity contribution is -0.383. The first-order chi connectivity index (χ1) is 10.9. The van der Waals surface area contributed by atoms with Gasteiger partial charge < -0.3 is 20.6 Å². The van der Waals surface area contributed by atoms with Gasteiger partial charge in [-0.1, -0.05) is 0 Å². The normalized spacial score (nSPS) is 13.3. The van der Waals surface area contributed by atoms with E-state index >= 15 is 0 Å². The largest absolute Gasteiger partial charge is 0.467 e. The third-order valence-corrected chi connectivity index (χ3v) is 3.32. The van der Waals surface area contributed by atoms with Gasteiger partial charge in [0.1, 0.15) is 17.6 Å². The highest BCUT2D eigenvalue weighted by atomic mass is 16.6. The van der Waals surface area contributed by atoms with Crippen molar-refractivity contribution in [1.29, 1.82) is 0 Å². The summed E-state index contributed by atoms with van der Waals surface area (Å²) < 4.78 is 5.09. The third kappa shape index (κ3) is 4.07. The molecule has 2 rings (SSSR count). The maximum absolute atomic E-state index is 12.1. The van der Waals surface area contributed by atoms with Gasteiger partial charge in [-0.3, -0.25) is 14.9 Å². The van der Waals surface area contributed by atoms with E-state index in [4.69, 9.17) is 10.2 Å². The Bertz CT molecular complexity index is 699. The van der Waals surface area contributed by atoms with E-state index in [1.807, 2.05) is 0 Å². The van der Waals surface area contributed by atoms with Crippen molar-refractivity contribution >= 4 is 17.3 Å². The SMILES string of the molecule is CC(CC(O)c1ccco1)NC(=O)c1ccc(N)c([N+](=O)[O-])c1. The Morgan fingerprint density at radius 1 is 1.48 bits per heavy atom. The Morgan fingerprint density at radius 3 is 2.83 bits per heavy atom. The molecule has 2 aromatic rings. The highest BCUT2D eigenvalue weighted by Crippen LogP contribution is 2.23. The summed E-state index contributed by atoms with van der Waals surface area (Å²) in [5.41, 5.74) is 5.30. The zero-order chi connectivity index (χ0) is 17.0. The van der Waals surface area contributed by atoms with Crippen molar-refractivity contribution in [2.24, 2.45) is 0 Å². The molecule has 8 nitrogen and oxygen atoms in total. The number of aliphatic hydroxyl groups excluding tert-OH is 1. The van der Waals surface area contributed by atoms with Crippen LogP contribution in [0.5, 0.6) is 0 Å². The third-order valence-electron chi connectivity index (χ3n) is 3.32. The molecule has 0 radical (unpaired) electrons. The molecule has 23 heavy (non-hydrogen) atoms. The quantitative estimate of drug-likeness (QED) is 0.424. The number of nitro groups is 1. The number of hydrogen-bond donors (Lipinski definition) is 3. The number of hydrogen-bond acceptors (Lipinski definition) is 6. The monoisotopic (exact) mass is 319 g/mol. The van der Waals surface area contributed by atoms with Gasteiger partial charge in [0.2, 0.25) is 0 Å². The number of rotatable bonds is 6. The summed E-state index contributed by atoms with van der Waals surface area (Å²) in [5, 5.41) is 23.5. The first-order valence-corrected chi connectivity index (χ1v) is 6.94. The zero-order valence-corrected chi connectivity index (χ0v) is 12.4. The fraction of sp³-hybridized carbons (Fsp3) is 0.267. The van der Waals surface area contributed by atoms with Crippen LogP contribution in [-0.2, 0) is 0 Å². The fourth-order valence-corrected chi connectivity index (χ4v) is 2.14. The van der Waals surface area contributed by atoms with Crippen LogP contribution in [0.3, 0.4) is 0 Å². The predicted octanol–water partition coefficient (Wildman–Crippen LogP) is 2.01. The van der Waals surface area contributed by atoms with E-state index in [1.54, 1.807) is 19.1 Å². The molecular formula is C15H17N3O5. The van der Waals surface area contributed by atoms with E-state index in [0.29, 0.717) is 5.76 Å². The minimum Gasteiger partial charge on any atom is -0.467 e. The number of nitro benzene ring substituents is 1. The summed E-state index contributed by atoms with van der Waals surface area (Å²) in [7, 11) is 0. The number of benzene rings is 1. The molecule has 0 spiro atoms. The lowest BCUT2D eigenvalue weighted by Crippen LogP contribution is -2.33. The highest BCUT2D eigenvalue weighted by Gasteiger charge is 2.19. The number of amides is 1. The second-order valence-electron chi connectivity index (χ2n) is 5.17. The van der Waals surface area contributed by atoms with Gasteiger partial charge >= 0.3 is 0 Å². The van der Waals surface area contributed by atoms with Crippen LogP contribution in [0.2, 0.25) is 0 Å². The number of carbonyl (C=O) groups excluding carboxylic acids is 1. The maximum atomic E-state index is 12.1. The van der Waals surface area contributed by atoms with E-state index < -0.39 is 16.9 Å². The summed E-state index contributed by atoms with van der Waals surface area (Å²) in [6.45, 7) is 1.72. The number of nitrogens with zero attached hydrogens (tertiary/aromatic N) is 1. The summed E-state index contributed by atoms with van der Waals surface area (Å²) in [5.74, 6) is -0.0681. The van der Waals surface area contributed by atoms with Gasteiger partial charge in [-0.05, 0) is 31.2 Å². The van der Waals surface area contributed by atoms with E-state index in [-0.39, 0.29) is 29.4 Å². The van der Waals surface area contributed by atoms with E-state index in [9.17, 15) is 20.0 Å². The average molecular weight is 319 g/mol. The van der Waals surface area contributed by atoms with Gasteiger partial charge in [0.15, 0.2) is 0 Å². The molecular weight excluding hydrogens is 302 g/mol. The molecule has 8 heteroatoms. The van der Waals surface area contributed by atoms with Gasteiger partial charge in [0.25, 0.3) is 11.6 Å². The zero-order valence-electron chi connectivity index (χ0n) is 12.4. The second-order valence-corrected chi connectivity index (χ2v) is 5.17. The lowest BCUT2D eigenvalue weighted by atomic mass is 10.1. The van der Waals surface area contributed by atoms with Crippen molar-refractivity contribution in [3.63, 3.8) is 0 Å². The van der Waals surface area contributed by atoms with Crippen LogP contribution in [0.25, 0.3) is 0 Å². The van der Waals surface area contributed by atoms with Gasteiger partial charge in [-0.25, -0.2) is 0 Å². The number of nitrogens with one attached hydrogen (secondary N) is 1. The molecule has 1 aromatic carbocycles. The number of aliphatic hydroxyl groups is 1. The molecule has 122 valence electrons. The van der Waals surface area contributed by atoms with Gasteiger partial charge in [0, 0.05) is 24.1 Å². The molecule has 0 aliphatic carbocycles. The second kappa shape index (κ2) is 6.93. The molecule has 1 heterocycles. The Kier molecular flexibility index (Phi) is 4.97. The molecule has 0 aliphatic rings. The Hall–Kier alpha value is -2.87. The van der Waals surface area contributed by atoms with E-state index in [0.717, 1.165) is 6.07 Å². The van der Waals surface area contributed by atoms with Crippen LogP contribution in [0, 0.1) is 10.1 Å². The number of carbonyl (C=O) groups is 1. The van der Waals surface area contributed by atoms with Crippen LogP contribution < -0.4 is 11.1 Å². The topological polar surface area (TPSA) is 132 Å². The summed E-state index contributed by atoms with van der Waals surface area (Å²) >= 11 is 0. The molecule has 0 bridgehead atoms. The van der Waals surface area contributed by atoms with E-state index in [2.05, 4.69) is 5.32 Å². The number of furan rings is 1. The van der Waals surface area contributed by atoms with Crippen LogP contribution in [0.1, 0.15) is 35.6 Å². The summed E-state index contributed by atoms with van der Waals surface area (Å²) in [6.07, 6.45) is 0.854. The summed E-state index contributed by atoms with van der Waals surface area (Å²) in [6, 6.07) is 6.79. The molecule has 2 atom stereocenters. The van der Waals surface area contributed by atoms with Crippen molar-refractivity contribution in [2.75, 3.05) is 5.73 Å². The Labute approximate surface area is 132 Å². The molecule has 0 saturated carbocycles. The molecule has 2 unspecified atom stereocenters. The molecule has 0 aliphatic heterocycles. The van der Waals surface area contributed by atoms with Crippen LogP contribution in [-0.4, -0.2) is 22.0 Å². The molecule has 4 N–H and O–H groups in total. The van der Waals surface area contributed by atoms with E-state index in [1.165, 1.54) is 18.4 Å². The van der Waals surface area contributed by atoms with Gasteiger partial charge in [-0.15, -0.1) is 0 Å². The van der Waals surface area contributed by atoms with Crippen molar-refractivity contribution in [2.45, 2.75) is 25.5 Å². The molecule has 1 aromatic heterocycles. The van der Waals surface area contributed by atoms with Crippen molar-refractivity contribution < 1.29 is 19.2 Å². The minimum absolute atomic E-state index is 0.00663. The average Bonchev–Trinajstić information content (AvgIpc) is 3.01. The van der Waals surface area contributed by atoms with Crippen molar-refractivity contribution in [1.82, 2.24) is 5.32 Å². The maximum Gasteiger partial charge on any atom is 0.292 e. The molecule has 1 amide bonds. The molecule has 0 saturated heterocycles. The lowest BCUT2D eigenvalue weighted by Gasteiger charge is -2.16. The minimum atomic E-state index is -0.846. The Morgan fingerprint density at radius 2 is 2.22 bits per heavy atom. The predicted molar refractivity (Wildman–Crippen MR) is 82.7 cm³/mol. The fourth-order valence-electron chi connectivity index (χ4n) is 2.14. The van der Waals surface area contributed by atoms with Crippen molar-refractivity contribution in [3.8, 4) is 0 Å². The van der Waals surface area contributed by atoms with Crippen LogP contribution in [0.15, 0.2) is 41.0 Å². The smallest absolute Gasteiger partial charge is 0.292 e. The van der Waals surface area contributed by atoms with Gasteiger partial charge in [0.05, 0.1) is 11.2 Å². The summed E-state index contributed by atoms with van der Waals surface area (Å²) in [4.78, 5) is 22.3. The molecule has 0 fully saturated rings. The first kappa shape index (κ1) is 16.5. The number of anilines is 1. The standard InChI is InChI=1S/C15H17N3O5/c1-9(7-13(19)14-3-2-6-23-14)17-15(20)10-4-5-11(16)12(8-10)18(21)22/h2-6,8-9,13,19H,7,16H2,1H3,(H,17,20). The van der Waals surface area contributed by atoms with Crippen LogP contribution in [0.4, 0.5) is 11.4 Å². The van der Waals surface area contributed by atoms with Gasteiger partial charge in [-0.2, -0.15) is 0 Å². The Balaban J connectivity index is 2.01. The first-order valence-electron chi connectivity index (χ1n) is 6.94. The number of nitrogen functional groups attached to an aromatic ring is 1. The van der Waals surface area contributed by atoms with Crippen LogP contribution >= 0.6 is 0 Å². The highest BCUT2D eigenvalue weighted by molar-refractivity contribution is 5.95. The number of nitrogens with two attached hydrogens (primary N) is 1.